The van der Waals surface area contributed by atoms with Gasteiger partial charge in [-0.05, 0) is 17.5 Å². The van der Waals surface area contributed by atoms with Crippen molar-refractivity contribution in [1.82, 2.24) is 4.98 Å². The number of hydrogen-bond acceptors (Lipinski definition) is 5. The van der Waals surface area contributed by atoms with Crippen molar-refractivity contribution in [2.24, 2.45) is 11.1 Å². The zero-order valence-electron chi connectivity index (χ0n) is 14.6. The van der Waals surface area contributed by atoms with E-state index in [9.17, 15) is 9.59 Å². The fourth-order valence-electron chi connectivity index (χ4n) is 1.97. The van der Waals surface area contributed by atoms with Crippen molar-refractivity contribution in [2.45, 2.75) is 33.7 Å². The Labute approximate surface area is 157 Å². The molecule has 0 saturated heterocycles. The van der Waals surface area contributed by atoms with Gasteiger partial charge in [-0.1, -0.05) is 32.9 Å². The Morgan fingerprint density at radius 3 is 2.28 bits per heavy atom. The summed E-state index contributed by atoms with van der Waals surface area (Å²) in [5.74, 6) is -0.360. The highest BCUT2D eigenvalue weighted by Gasteiger charge is 2.27. The van der Waals surface area contributed by atoms with Crippen molar-refractivity contribution in [1.29, 1.82) is 0 Å². The lowest BCUT2D eigenvalue weighted by Gasteiger charge is -2.25. The van der Waals surface area contributed by atoms with Gasteiger partial charge in [-0.15, -0.1) is 23.7 Å². The van der Waals surface area contributed by atoms with Crippen molar-refractivity contribution in [3.05, 3.63) is 29.6 Å². The highest BCUT2D eigenvalue weighted by molar-refractivity contribution is 7.14. The minimum atomic E-state index is -0.609. The number of nitrogens with one attached hydrogen (secondary N) is 2. The van der Waals surface area contributed by atoms with Crippen LogP contribution < -0.4 is 16.4 Å². The van der Waals surface area contributed by atoms with Crippen molar-refractivity contribution in [3.8, 4) is 11.3 Å². The average molecular weight is 383 g/mol. The van der Waals surface area contributed by atoms with Crippen LogP contribution in [0.1, 0.15) is 27.7 Å². The first-order valence-electron chi connectivity index (χ1n) is 7.57. The maximum Gasteiger partial charge on any atom is 0.243 e. The molecule has 0 fully saturated rings. The van der Waals surface area contributed by atoms with E-state index in [4.69, 9.17) is 5.73 Å². The lowest BCUT2D eigenvalue weighted by atomic mass is 9.87. The van der Waals surface area contributed by atoms with Gasteiger partial charge in [0.25, 0.3) is 0 Å². The van der Waals surface area contributed by atoms with E-state index >= 15 is 0 Å². The molecule has 4 N–H and O–H groups in total. The number of thiazole rings is 1. The lowest BCUT2D eigenvalue weighted by Crippen LogP contribution is -2.45. The Kier molecular flexibility index (Phi) is 7.10. The average Bonchev–Trinajstić information content (AvgIpc) is 2.94. The highest BCUT2D eigenvalue weighted by Crippen LogP contribution is 2.27. The molecule has 0 unspecified atom stereocenters. The van der Waals surface area contributed by atoms with Gasteiger partial charge in [-0.3, -0.25) is 9.59 Å². The zero-order chi connectivity index (χ0) is 17.9. The first-order valence-corrected chi connectivity index (χ1v) is 8.45. The maximum absolute atomic E-state index is 12.1. The summed E-state index contributed by atoms with van der Waals surface area (Å²) < 4.78 is 0. The molecule has 0 aliphatic heterocycles. The van der Waals surface area contributed by atoms with Crippen LogP contribution in [0.5, 0.6) is 0 Å². The van der Waals surface area contributed by atoms with E-state index in [1.807, 2.05) is 50.4 Å². The molecule has 0 radical (unpaired) electrons. The molecule has 25 heavy (non-hydrogen) atoms. The standard InChI is InChI=1S/C17H22N4O2S.ClH/c1-10(22)19-12-7-5-11(6-8-12)13-9-24-16(20-13)21-15(23)14(18)17(2,3)4;/h5-9,14H,18H2,1-4H3,(H,19,22)(H,20,21,23);1H/t14-;/m1./s1. The third-order valence-corrected chi connectivity index (χ3v) is 4.21. The molecule has 0 aliphatic carbocycles. The fraction of sp³-hybridized carbons (Fsp3) is 0.353. The summed E-state index contributed by atoms with van der Waals surface area (Å²) in [6.45, 7) is 7.22. The van der Waals surface area contributed by atoms with Gasteiger partial charge >= 0.3 is 0 Å². The van der Waals surface area contributed by atoms with E-state index in [2.05, 4.69) is 15.6 Å². The summed E-state index contributed by atoms with van der Waals surface area (Å²) >= 11 is 1.35. The summed E-state index contributed by atoms with van der Waals surface area (Å²) in [5.41, 5.74) is 8.02. The summed E-state index contributed by atoms with van der Waals surface area (Å²) in [5, 5.41) is 7.86. The van der Waals surface area contributed by atoms with Gasteiger partial charge in [0, 0.05) is 23.6 Å². The SMILES string of the molecule is CC(=O)Nc1ccc(-c2csc(NC(=O)[C@@H](N)C(C)(C)C)n2)cc1.Cl. The Bertz CT molecular complexity index is 738. The highest BCUT2D eigenvalue weighted by atomic mass is 35.5. The molecule has 1 aromatic carbocycles. The molecule has 8 heteroatoms. The predicted molar refractivity (Wildman–Crippen MR) is 105 cm³/mol. The van der Waals surface area contributed by atoms with Crippen LogP contribution >= 0.6 is 23.7 Å². The first kappa shape index (κ1) is 21.1. The van der Waals surface area contributed by atoms with Crippen LogP contribution in [0.2, 0.25) is 0 Å². The second-order valence-electron chi connectivity index (χ2n) is 6.63. The summed E-state index contributed by atoms with van der Waals surface area (Å²) in [6, 6.07) is 6.75. The first-order chi connectivity index (χ1) is 11.2. The number of amides is 2. The number of halogens is 1. The van der Waals surface area contributed by atoms with Gasteiger partial charge in [-0.25, -0.2) is 4.98 Å². The molecule has 2 rings (SSSR count). The summed E-state index contributed by atoms with van der Waals surface area (Å²) in [4.78, 5) is 27.6. The van der Waals surface area contributed by atoms with E-state index in [1.54, 1.807) is 0 Å². The van der Waals surface area contributed by atoms with Crippen LogP contribution in [0.15, 0.2) is 29.6 Å². The van der Waals surface area contributed by atoms with Crippen molar-refractivity contribution >= 4 is 46.4 Å². The van der Waals surface area contributed by atoms with Gasteiger partial charge in [0.1, 0.15) is 0 Å². The minimum Gasteiger partial charge on any atom is -0.326 e. The van der Waals surface area contributed by atoms with Gasteiger partial charge in [0.05, 0.1) is 11.7 Å². The molecule has 2 amide bonds. The number of carbonyl (C=O) groups excluding carboxylic acids is 2. The number of benzene rings is 1. The largest absolute Gasteiger partial charge is 0.326 e. The Balaban J connectivity index is 0.00000312. The van der Waals surface area contributed by atoms with Gasteiger partial charge < -0.3 is 16.4 Å². The second-order valence-corrected chi connectivity index (χ2v) is 7.49. The molecule has 0 bridgehead atoms. The van der Waals surface area contributed by atoms with Gasteiger partial charge in [0.15, 0.2) is 5.13 Å². The number of anilines is 2. The molecule has 0 saturated carbocycles. The molecule has 0 spiro atoms. The van der Waals surface area contributed by atoms with E-state index in [0.29, 0.717) is 5.13 Å². The van der Waals surface area contributed by atoms with Crippen LogP contribution in [0.3, 0.4) is 0 Å². The number of rotatable bonds is 4. The van der Waals surface area contributed by atoms with E-state index in [0.717, 1.165) is 16.9 Å². The Morgan fingerprint density at radius 1 is 1.16 bits per heavy atom. The van der Waals surface area contributed by atoms with Gasteiger partial charge in [-0.2, -0.15) is 0 Å². The number of nitrogens with zero attached hydrogens (tertiary/aromatic N) is 1. The molecule has 1 aromatic heterocycles. The zero-order valence-corrected chi connectivity index (χ0v) is 16.3. The molecular weight excluding hydrogens is 360 g/mol. The quantitative estimate of drug-likeness (QED) is 0.753. The summed E-state index contributed by atoms with van der Waals surface area (Å²) in [6.07, 6.45) is 0. The topological polar surface area (TPSA) is 97.1 Å². The minimum absolute atomic E-state index is 0. The monoisotopic (exact) mass is 382 g/mol. The van der Waals surface area contributed by atoms with Crippen LogP contribution in [-0.4, -0.2) is 22.8 Å². The smallest absolute Gasteiger partial charge is 0.243 e. The van der Waals surface area contributed by atoms with Crippen LogP contribution in [-0.2, 0) is 9.59 Å². The van der Waals surface area contributed by atoms with Crippen molar-refractivity contribution in [2.75, 3.05) is 10.6 Å². The number of carbonyl (C=O) groups is 2. The normalized spacial score (nSPS) is 12.0. The third-order valence-electron chi connectivity index (χ3n) is 3.45. The summed E-state index contributed by atoms with van der Waals surface area (Å²) in [7, 11) is 0. The number of hydrogen-bond donors (Lipinski definition) is 3. The van der Waals surface area contributed by atoms with Gasteiger partial charge in [0.2, 0.25) is 11.8 Å². The lowest BCUT2D eigenvalue weighted by molar-refractivity contribution is -0.119. The van der Waals surface area contributed by atoms with Crippen molar-refractivity contribution in [3.63, 3.8) is 0 Å². The Hall–Kier alpha value is -1.96. The number of nitrogens with two attached hydrogens (primary N) is 1. The van der Waals surface area contributed by atoms with E-state index in [1.165, 1.54) is 18.3 Å². The fourth-order valence-corrected chi connectivity index (χ4v) is 2.69. The third kappa shape index (κ3) is 5.81. The molecule has 0 aliphatic rings. The predicted octanol–water partition coefficient (Wildman–Crippen LogP) is 3.50. The second kappa shape index (κ2) is 8.42. The number of aromatic nitrogens is 1. The maximum atomic E-state index is 12.1. The van der Waals surface area contributed by atoms with Crippen LogP contribution in [0.25, 0.3) is 11.3 Å². The van der Waals surface area contributed by atoms with E-state index in [-0.39, 0.29) is 29.6 Å². The molecule has 1 heterocycles. The Morgan fingerprint density at radius 2 is 1.76 bits per heavy atom. The van der Waals surface area contributed by atoms with E-state index < -0.39 is 6.04 Å². The molecule has 2 aromatic rings. The molecule has 6 nitrogen and oxygen atoms in total. The molecule has 136 valence electrons. The van der Waals surface area contributed by atoms with Crippen molar-refractivity contribution < 1.29 is 9.59 Å². The molecular formula is C17H23ClN4O2S. The van der Waals surface area contributed by atoms with Crippen LogP contribution in [0, 0.1) is 5.41 Å². The molecule has 1 atom stereocenters. The van der Waals surface area contributed by atoms with Crippen LogP contribution in [0.4, 0.5) is 10.8 Å².